The van der Waals surface area contributed by atoms with Gasteiger partial charge in [0.15, 0.2) is 0 Å². The summed E-state index contributed by atoms with van der Waals surface area (Å²) in [5.41, 5.74) is 0.647. The fraction of sp³-hybridized carbons (Fsp3) is 0.300. The van der Waals surface area contributed by atoms with E-state index < -0.39 is 0 Å². The summed E-state index contributed by atoms with van der Waals surface area (Å²) in [6.45, 7) is 2.08. The van der Waals surface area contributed by atoms with Gasteiger partial charge in [-0.05, 0) is 24.3 Å². The lowest BCUT2D eigenvalue weighted by molar-refractivity contribution is 1.11. The summed E-state index contributed by atoms with van der Waals surface area (Å²) in [7, 11) is 0. The first-order chi connectivity index (χ1) is 6.66. The average Bonchev–Trinajstić information content (AvgIpc) is 2.14. The number of hydrogen-bond donors (Lipinski definition) is 1. The molecule has 0 radical (unpaired) electrons. The highest BCUT2D eigenvalue weighted by atomic mass is 35.5. The van der Waals surface area contributed by atoms with Crippen molar-refractivity contribution in [1.29, 1.82) is 5.41 Å². The zero-order valence-electron chi connectivity index (χ0n) is 7.81. The maximum absolute atomic E-state index is 7.81. The number of hydrogen-bond acceptors (Lipinski definition) is 2. The molecular weight excluding hydrogens is 237 g/mol. The smallest absolute Gasteiger partial charge is 0.0972 e. The molecule has 0 aliphatic rings. The van der Waals surface area contributed by atoms with Crippen molar-refractivity contribution in [3.05, 3.63) is 33.8 Å². The van der Waals surface area contributed by atoms with E-state index in [0.717, 1.165) is 12.2 Å². The molecule has 76 valence electrons. The van der Waals surface area contributed by atoms with E-state index in [0.29, 0.717) is 20.7 Å². The van der Waals surface area contributed by atoms with E-state index in [9.17, 15) is 0 Å². The molecule has 0 saturated carbocycles. The second-order valence-corrected chi connectivity index (χ2v) is 4.69. The van der Waals surface area contributed by atoms with Crippen LogP contribution in [0.2, 0.25) is 10.0 Å². The largest absolute Gasteiger partial charge is 0.293 e. The Morgan fingerprint density at radius 2 is 1.93 bits per heavy atom. The van der Waals surface area contributed by atoms with Gasteiger partial charge in [-0.15, -0.1) is 11.8 Å². The predicted molar refractivity (Wildman–Crippen MR) is 66.0 cm³/mol. The molecule has 0 spiro atoms. The van der Waals surface area contributed by atoms with Crippen LogP contribution in [0.1, 0.15) is 18.9 Å². The van der Waals surface area contributed by atoms with Gasteiger partial charge < -0.3 is 0 Å². The van der Waals surface area contributed by atoms with Crippen molar-refractivity contribution in [3.63, 3.8) is 0 Å². The lowest BCUT2D eigenvalue weighted by atomic mass is 10.2. The summed E-state index contributed by atoms with van der Waals surface area (Å²) in [5.74, 6) is 0.917. The molecule has 0 heterocycles. The monoisotopic (exact) mass is 247 g/mol. The molecular formula is C10H11Cl2NS. The highest BCUT2D eigenvalue weighted by Crippen LogP contribution is 2.28. The highest BCUT2D eigenvalue weighted by molar-refractivity contribution is 8.14. The number of halogens is 2. The third kappa shape index (κ3) is 2.91. The Morgan fingerprint density at radius 1 is 1.36 bits per heavy atom. The zero-order chi connectivity index (χ0) is 10.6. The summed E-state index contributed by atoms with van der Waals surface area (Å²) in [5, 5.41) is 9.35. The van der Waals surface area contributed by atoms with Crippen molar-refractivity contribution in [2.75, 3.05) is 5.75 Å². The fourth-order valence-electron chi connectivity index (χ4n) is 0.991. The van der Waals surface area contributed by atoms with Crippen molar-refractivity contribution in [3.8, 4) is 0 Å². The molecule has 1 N–H and O–H groups in total. The summed E-state index contributed by atoms with van der Waals surface area (Å²) in [6, 6.07) is 5.29. The Balaban J connectivity index is 2.89. The molecule has 0 unspecified atom stereocenters. The van der Waals surface area contributed by atoms with Gasteiger partial charge >= 0.3 is 0 Å². The van der Waals surface area contributed by atoms with Gasteiger partial charge in [-0.1, -0.05) is 36.2 Å². The van der Waals surface area contributed by atoms with Crippen LogP contribution in [0.5, 0.6) is 0 Å². The van der Waals surface area contributed by atoms with Crippen LogP contribution < -0.4 is 0 Å². The molecule has 1 aromatic carbocycles. The van der Waals surface area contributed by atoms with Gasteiger partial charge in [0.25, 0.3) is 0 Å². The molecule has 0 fully saturated rings. The van der Waals surface area contributed by atoms with Crippen LogP contribution in [-0.4, -0.2) is 10.8 Å². The number of nitrogens with one attached hydrogen (secondary N) is 1. The van der Waals surface area contributed by atoms with Crippen LogP contribution in [-0.2, 0) is 0 Å². The second-order valence-electron chi connectivity index (χ2n) is 2.77. The van der Waals surface area contributed by atoms with Gasteiger partial charge in [0.05, 0.1) is 15.1 Å². The first-order valence-electron chi connectivity index (χ1n) is 4.32. The van der Waals surface area contributed by atoms with Crippen LogP contribution in [0.15, 0.2) is 18.2 Å². The van der Waals surface area contributed by atoms with E-state index in [-0.39, 0.29) is 0 Å². The molecule has 1 nitrogen and oxygen atoms in total. The van der Waals surface area contributed by atoms with Gasteiger partial charge in [-0.2, -0.15) is 0 Å². The molecule has 0 atom stereocenters. The van der Waals surface area contributed by atoms with E-state index in [4.69, 9.17) is 28.6 Å². The topological polar surface area (TPSA) is 23.9 Å². The van der Waals surface area contributed by atoms with Crippen molar-refractivity contribution < 1.29 is 0 Å². The van der Waals surface area contributed by atoms with Crippen molar-refractivity contribution in [2.24, 2.45) is 0 Å². The average molecular weight is 248 g/mol. The Hall–Kier alpha value is -0.180. The van der Waals surface area contributed by atoms with Crippen molar-refractivity contribution >= 4 is 40.0 Å². The first kappa shape index (κ1) is 11.9. The van der Waals surface area contributed by atoms with E-state index in [1.54, 1.807) is 18.2 Å². The summed E-state index contributed by atoms with van der Waals surface area (Å²) in [6.07, 6.45) is 1.04. The highest BCUT2D eigenvalue weighted by Gasteiger charge is 2.10. The molecule has 0 aliphatic heterocycles. The van der Waals surface area contributed by atoms with Crippen molar-refractivity contribution in [1.82, 2.24) is 0 Å². The summed E-state index contributed by atoms with van der Waals surface area (Å²) >= 11 is 13.4. The molecule has 4 heteroatoms. The third-order valence-corrected chi connectivity index (χ3v) is 3.38. The van der Waals surface area contributed by atoms with Gasteiger partial charge in [0.2, 0.25) is 0 Å². The molecule has 1 aromatic rings. The van der Waals surface area contributed by atoms with E-state index >= 15 is 0 Å². The quantitative estimate of drug-likeness (QED) is 0.619. The fourth-order valence-corrected chi connectivity index (χ4v) is 2.46. The number of rotatable bonds is 3. The predicted octanol–water partition coefficient (Wildman–Crippen LogP) is 4.46. The van der Waals surface area contributed by atoms with E-state index in [1.165, 1.54) is 11.8 Å². The van der Waals surface area contributed by atoms with Crippen LogP contribution in [0.25, 0.3) is 0 Å². The Labute approximate surface area is 98.3 Å². The molecule has 0 amide bonds. The van der Waals surface area contributed by atoms with E-state index in [1.807, 2.05) is 0 Å². The minimum absolute atomic E-state index is 0.447. The number of thioether (sulfide) groups is 1. The Kier molecular flexibility index (Phi) is 4.79. The Bertz CT molecular complexity index is 319. The molecule has 14 heavy (non-hydrogen) atoms. The van der Waals surface area contributed by atoms with Crippen LogP contribution >= 0.6 is 35.0 Å². The lowest BCUT2D eigenvalue weighted by Crippen LogP contribution is -1.97. The van der Waals surface area contributed by atoms with Gasteiger partial charge in [-0.25, -0.2) is 0 Å². The lowest BCUT2D eigenvalue weighted by Gasteiger charge is -2.07. The SMILES string of the molecule is CCCSC(=N)c1c(Cl)cccc1Cl. The number of benzene rings is 1. The standard InChI is InChI=1S/C10H11Cl2NS/c1-2-6-14-10(13)9-7(11)4-3-5-8(9)12/h3-5,13H,2,6H2,1H3. The first-order valence-corrected chi connectivity index (χ1v) is 6.06. The normalized spacial score (nSPS) is 10.2. The minimum atomic E-state index is 0.447. The summed E-state index contributed by atoms with van der Waals surface area (Å²) in [4.78, 5) is 0. The molecule has 0 bridgehead atoms. The van der Waals surface area contributed by atoms with Gasteiger partial charge in [0, 0.05) is 5.56 Å². The third-order valence-electron chi connectivity index (χ3n) is 1.64. The zero-order valence-corrected chi connectivity index (χ0v) is 10.1. The van der Waals surface area contributed by atoms with Crippen LogP contribution in [0, 0.1) is 5.41 Å². The molecule has 0 aromatic heterocycles. The molecule has 1 rings (SSSR count). The van der Waals surface area contributed by atoms with E-state index in [2.05, 4.69) is 6.92 Å². The van der Waals surface area contributed by atoms with Crippen molar-refractivity contribution in [2.45, 2.75) is 13.3 Å². The maximum atomic E-state index is 7.81. The maximum Gasteiger partial charge on any atom is 0.0972 e. The second kappa shape index (κ2) is 5.64. The van der Waals surface area contributed by atoms with Gasteiger partial charge in [-0.3, -0.25) is 5.41 Å². The Morgan fingerprint density at radius 3 is 2.43 bits per heavy atom. The molecule has 0 aliphatic carbocycles. The van der Waals surface area contributed by atoms with Gasteiger partial charge in [0.1, 0.15) is 0 Å². The molecule has 0 saturated heterocycles. The summed E-state index contributed by atoms with van der Waals surface area (Å²) < 4.78 is 0. The van der Waals surface area contributed by atoms with Crippen LogP contribution in [0.4, 0.5) is 0 Å². The van der Waals surface area contributed by atoms with Crippen LogP contribution in [0.3, 0.4) is 0 Å². The minimum Gasteiger partial charge on any atom is -0.293 e.